The molecule has 12 heteroatoms. The van der Waals surface area contributed by atoms with E-state index in [-0.39, 0.29) is 33.4 Å². The number of benzene rings is 1. The molecule has 2 heterocycles. The number of anilines is 3. The average Bonchev–Trinajstić information content (AvgIpc) is 2.86. The van der Waals surface area contributed by atoms with Gasteiger partial charge in [-0.15, -0.1) is 0 Å². The van der Waals surface area contributed by atoms with Gasteiger partial charge in [0.15, 0.2) is 0 Å². The SMILES string of the molecule is CN1CCN(c2c(NC(CC(=O)O)c3ccc(C(=O)Nc4c(Cl)cncc4Cl)cc3)c(=O)c2=O)CC1. The number of hydrogen-bond acceptors (Lipinski definition) is 8. The number of nitrogens with one attached hydrogen (secondary N) is 2. The normalized spacial score (nSPS) is 15.0. The zero-order valence-electron chi connectivity index (χ0n) is 19.3. The van der Waals surface area contributed by atoms with Gasteiger partial charge >= 0.3 is 5.97 Å². The van der Waals surface area contributed by atoms with E-state index in [4.69, 9.17) is 23.2 Å². The van der Waals surface area contributed by atoms with E-state index in [1.807, 2.05) is 11.9 Å². The molecule has 0 saturated carbocycles. The summed E-state index contributed by atoms with van der Waals surface area (Å²) in [7, 11) is 1.98. The number of nitrogens with zero attached hydrogens (tertiary/aromatic N) is 3. The summed E-state index contributed by atoms with van der Waals surface area (Å²) in [6, 6.07) is 5.43. The molecule has 1 aromatic heterocycles. The molecular formula is C24H23Cl2N5O5. The van der Waals surface area contributed by atoms with E-state index in [0.29, 0.717) is 24.3 Å². The van der Waals surface area contributed by atoms with Crippen LogP contribution in [0.25, 0.3) is 0 Å². The summed E-state index contributed by atoms with van der Waals surface area (Å²) in [6.45, 7) is 2.68. The number of amides is 1. The molecule has 1 fully saturated rings. The Labute approximate surface area is 216 Å². The number of carboxylic acid groups (broad SMARTS) is 1. The van der Waals surface area contributed by atoms with Gasteiger partial charge in [-0.1, -0.05) is 35.3 Å². The van der Waals surface area contributed by atoms with Gasteiger partial charge < -0.3 is 25.5 Å². The molecule has 10 nitrogen and oxygen atoms in total. The predicted octanol–water partition coefficient (Wildman–Crippen LogP) is 2.62. The van der Waals surface area contributed by atoms with Gasteiger partial charge in [-0.25, -0.2) is 0 Å². The number of carboxylic acids is 1. The lowest BCUT2D eigenvalue weighted by Crippen LogP contribution is -2.50. The molecular weight excluding hydrogens is 509 g/mol. The number of pyridine rings is 1. The molecule has 3 N–H and O–H groups in total. The van der Waals surface area contributed by atoms with Crippen LogP contribution >= 0.6 is 23.2 Å². The molecule has 4 rings (SSSR count). The number of halogens is 2. The van der Waals surface area contributed by atoms with Crippen molar-refractivity contribution in [1.29, 1.82) is 0 Å². The van der Waals surface area contributed by atoms with Crippen molar-refractivity contribution in [3.63, 3.8) is 0 Å². The number of aliphatic carboxylic acids is 1. The quantitative estimate of drug-likeness (QED) is 0.375. The van der Waals surface area contributed by atoms with E-state index in [2.05, 4.69) is 20.5 Å². The standard InChI is InChI=1S/C24H23Cl2N5O5/c1-30-6-8-31(9-7-30)21-20(22(34)23(21)35)28-17(10-18(32)33)13-2-4-14(5-3-13)24(36)29-19-15(25)11-27-12-16(19)26/h2-5,11-12,17,28H,6-10H2,1H3,(H,32,33)(H,27,29,36). The van der Waals surface area contributed by atoms with Gasteiger partial charge in [0.05, 0.1) is 28.2 Å². The minimum atomic E-state index is -1.09. The van der Waals surface area contributed by atoms with Crippen LogP contribution in [0.4, 0.5) is 17.1 Å². The maximum absolute atomic E-state index is 12.7. The van der Waals surface area contributed by atoms with Crippen molar-refractivity contribution in [3.8, 4) is 0 Å². The topological polar surface area (TPSA) is 132 Å². The zero-order valence-corrected chi connectivity index (χ0v) is 20.8. The molecule has 0 radical (unpaired) electrons. The Morgan fingerprint density at radius 3 is 2.19 bits per heavy atom. The average molecular weight is 532 g/mol. The van der Waals surface area contributed by atoms with Crippen molar-refractivity contribution in [2.45, 2.75) is 12.5 Å². The number of piperazine rings is 1. The Morgan fingerprint density at radius 2 is 1.61 bits per heavy atom. The Bertz CT molecular complexity index is 1340. The van der Waals surface area contributed by atoms with Crippen LogP contribution in [0.15, 0.2) is 46.2 Å². The highest BCUT2D eigenvalue weighted by atomic mass is 35.5. The zero-order chi connectivity index (χ0) is 26.0. The molecule has 0 aliphatic carbocycles. The van der Waals surface area contributed by atoms with Crippen LogP contribution in [0.3, 0.4) is 0 Å². The first-order valence-electron chi connectivity index (χ1n) is 11.1. The summed E-state index contributed by atoms with van der Waals surface area (Å²) < 4.78 is 0. The molecule has 1 aliphatic heterocycles. The number of rotatable bonds is 8. The Morgan fingerprint density at radius 1 is 1.00 bits per heavy atom. The van der Waals surface area contributed by atoms with Gasteiger partial charge in [-0.05, 0) is 24.7 Å². The van der Waals surface area contributed by atoms with Crippen LogP contribution < -0.4 is 26.4 Å². The lowest BCUT2D eigenvalue weighted by molar-refractivity contribution is -0.137. The maximum Gasteiger partial charge on any atom is 0.305 e. The van der Waals surface area contributed by atoms with Crippen molar-refractivity contribution in [3.05, 3.63) is 78.3 Å². The largest absolute Gasteiger partial charge is 0.481 e. The summed E-state index contributed by atoms with van der Waals surface area (Å²) in [5, 5.41) is 15.4. The van der Waals surface area contributed by atoms with Gasteiger partial charge in [0.1, 0.15) is 11.4 Å². The van der Waals surface area contributed by atoms with Gasteiger partial charge in [0.25, 0.3) is 16.8 Å². The van der Waals surface area contributed by atoms with Gasteiger partial charge in [-0.3, -0.25) is 24.2 Å². The highest BCUT2D eigenvalue weighted by Gasteiger charge is 2.30. The number of carbonyl (C=O) groups is 2. The molecule has 1 aliphatic rings. The molecule has 1 unspecified atom stereocenters. The first-order chi connectivity index (χ1) is 17.2. The van der Waals surface area contributed by atoms with Gasteiger partial charge in [-0.2, -0.15) is 0 Å². The van der Waals surface area contributed by atoms with Crippen molar-refractivity contribution >= 4 is 52.1 Å². The van der Waals surface area contributed by atoms with Gasteiger partial charge in [0.2, 0.25) is 0 Å². The van der Waals surface area contributed by atoms with E-state index in [1.54, 1.807) is 12.1 Å². The van der Waals surface area contributed by atoms with Crippen molar-refractivity contribution in [2.75, 3.05) is 48.8 Å². The third-order valence-corrected chi connectivity index (χ3v) is 6.64. The second kappa shape index (κ2) is 10.7. The summed E-state index contributed by atoms with van der Waals surface area (Å²) in [6.07, 6.45) is 2.37. The lowest BCUT2D eigenvalue weighted by Gasteiger charge is -2.35. The molecule has 0 bridgehead atoms. The van der Waals surface area contributed by atoms with E-state index in [9.17, 15) is 24.3 Å². The second-order valence-corrected chi connectivity index (χ2v) is 9.34. The first kappa shape index (κ1) is 25.6. The fourth-order valence-corrected chi connectivity index (χ4v) is 4.49. The highest BCUT2D eigenvalue weighted by Crippen LogP contribution is 2.30. The summed E-state index contributed by atoms with van der Waals surface area (Å²) in [4.78, 5) is 56.7. The van der Waals surface area contributed by atoms with Crippen LogP contribution in [0, 0.1) is 0 Å². The van der Waals surface area contributed by atoms with Crippen LogP contribution in [-0.4, -0.2) is 60.1 Å². The Kier molecular flexibility index (Phi) is 7.58. The summed E-state index contributed by atoms with van der Waals surface area (Å²) >= 11 is 12.1. The van der Waals surface area contributed by atoms with E-state index in [1.165, 1.54) is 24.5 Å². The third-order valence-electron chi connectivity index (χ3n) is 6.07. The minimum absolute atomic E-state index is 0.125. The maximum atomic E-state index is 12.7. The highest BCUT2D eigenvalue weighted by molar-refractivity contribution is 6.39. The third kappa shape index (κ3) is 5.35. The van der Waals surface area contributed by atoms with E-state index < -0.39 is 28.8 Å². The van der Waals surface area contributed by atoms with Crippen LogP contribution in [-0.2, 0) is 4.79 Å². The van der Waals surface area contributed by atoms with E-state index >= 15 is 0 Å². The Balaban J connectivity index is 1.54. The van der Waals surface area contributed by atoms with Crippen LogP contribution in [0.1, 0.15) is 28.4 Å². The first-order valence-corrected chi connectivity index (χ1v) is 11.9. The number of carbonyl (C=O) groups excluding carboxylic acids is 1. The monoisotopic (exact) mass is 531 g/mol. The number of aromatic nitrogens is 1. The molecule has 36 heavy (non-hydrogen) atoms. The fourth-order valence-electron chi connectivity index (χ4n) is 4.03. The molecule has 188 valence electrons. The second-order valence-electron chi connectivity index (χ2n) is 8.52. The summed E-state index contributed by atoms with van der Waals surface area (Å²) in [5.41, 5.74) is 0.225. The van der Waals surface area contributed by atoms with Gasteiger partial charge in [0, 0.05) is 44.1 Å². The predicted molar refractivity (Wildman–Crippen MR) is 138 cm³/mol. The fraction of sp³-hybridized carbons (Fsp3) is 0.292. The molecule has 1 saturated heterocycles. The van der Waals surface area contributed by atoms with E-state index in [0.717, 1.165) is 13.1 Å². The van der Waals surface area contributed by atoms with Crippen molar-refractivity contribution in [2.24, 2.45) is 0 Å². The Hall–Kier alpha value is -3.47. The van der Waals surface area contributed by atoms with Crippen molar-refractivity contribution < 1.29 is 14.7 Å². The van der Waals surface area contributed by atoms with Crippen LogP contribution in [0.5, 0.6) is 0 Å². The minimum Gasteiger partial charge on any atom is -0.481 e. The molecule has 1 amide bonds. The molecule has 0 spiro atoms. The molecule has 1 atom stereocenters. The van der Waals surface area contributed by atoms with Crippen molar-refractivity contribution in [1.82, 2.24) is 9.88 Å². The van der Waals surface area contributed by atoms with Crippen LogP contribution in [0.2, 0.25) is 10.0 Å². The number of likely N-dealkylation sites (N-methyl/N-ethyl adjacent to an activating group) is 1. The summed E-state index contributed by atoms with van der Waals surface area (Å²) in [5.74, 6) is -1.56. The smallest absolute Gasteiger partial charge is 0.305 e. The number of hydrogen-bond donors (Lipinski definition) is 3. The molecule has 2 aromatic carbocycles. The molecule has 3 aromatic rings. The lowest BCUT2D eigenvalue weighted by atomic mass is 10.00.